The smallest absolute Gasteiger partial charge is 0.133 e. The highest BCUT2D eigenvalue weighted by Gasteiger charge is 2.15. The molecule has 18 heavy (non-hydrogen) atoms. The molecule has 0 aliphatic heterocycles. The second-order valence-corrected chi connectivity index (χ2v) is 4.72. The standard InChI is InChI=1S/C13H13N3OS/c1-17-10-5-3-2-4-9(10)13-11(8-15)18-12(16-13)6-7-14/h2-5H,6-7,14H2,1H3. The zero-order valence-electron chi connectivity index (χ0n) is 10.0. The fourth-order valence-corrected chi connectivity index (χ4v) is 2.58. The molecule has 0 unspecified atom stereocenters. The summed E-state index contributed by atoms with van der Waals surface area (Å²) in [7, 11) is 1.61. The highest BCUT2D eigenvalue weighted by atomic mass is 32.1. The predicted molar refractivity (Wildman–Crippen MR) is 71.6 cm³/mol. The number of nitrogens with zero attached hydrogens (tertiary/aromatic N) is 2. The first-order valence-corrected chi connectivity index (χ1v) is 6.35. The lowest BCUT2D eigenvalue weighted by Gasteiger charge is -2.05. The molecule has 0 saturated heterocycles. The van der Waals surface area contributed by atoms with Crippen LogP contribution in [-0.4, -0.2) is 18.6 Å². The van der Waals surface area contributed by atoms with E-state index in [-0.39, 0.29) is 0 Å². The molecule has 0 fully saturated rings. The molecule has 0 saturated carbocycles. The largest absolute Gasteiger partial charge is 0.496 e. The minimum atomic E-state index is 0.531. The highest BCUT2D eigenvalue weighted by molar-refractivity contribution is 7.12. The maximum atomic E-state index is 9.17. The van der Waals surface area contributed by atoms with Crippen molar-refractivity contribution in [1.82, 2.24) is 4.98 Å². The van der Waals surface area contributed by atoms with Crippen LogP contribution < -0.4 is 10.5 Å². The Hall–Kier alpha value is -1.90. The van der Waals surface area contributed by atoms with E-state index in [1.807, 2.05) is 24.3 Å². The average Bonchev–Trinajstić information content (AvgIpc) is 2.82. The van der Waals surface area contributed by atoms with Gasteiger partial charge in [-0.05, 0) is 18.7 Å². The number of hydrogen-bond acceptors (Lipinski definition) is 5. The minimum absolute atomic E-state index is 0.531. The lowest BCUT2D eigenvalue weighted by Crippen LogP contribution is -2.02. The van der Waals surface area contributed by atoms with Crippen LogP contribution in [0, 0.1) is 11.3 Å². The van der Waals surface area contributed by atoms with Gasteiger partial charge in [-0.25, -0.2) is 4.98 Å². The molecule has 1 heterocycles. The molecule has 1 aromatic carbocycles. The SMILES string of the molecule is COc1ccccc1-c1nc(CCN)sc1C#N. The van der Waals surface area contributed by atoms with E-state index in [9.17, 15) is 5.26 Å². The Morgan fingerprint density at radius 1 is 1.44 bits per heavy atom. The Morgan fingerprint density at radius 2 is 2.22 bits per heavy atom. The zero-order chi connectivity index (χ0) is 13.0. The molecule has 2 N–H and O–H groups in total. The molecule has 0 aliphatic rings. The van der Waals surface area contributed by atoms with Gasteiger partial charge in [0.1, 0.15) is 22.4 Å². The molecular weight excluding hydrogens is 246 g/mol. The molecule has 5 heteroatoms. The summed E-state index contributed by atoms with van der Waals surface area (Å²) in [5.74, 6) is 0.721. The van der Waals surface area contributed by atoms with E-state index in [0.29, 0.717) is 23.5 Å². The number of thiazole rings is 1. The maximum Gasteiger partial charge on any atom is 0.133 e. The normalized spacial score (nSPS) is 10.1. The first-order chi connectivity index (χ1) is 8.80. The van der Waals surface area contributed by atoms with Crippen LogP contribution >= 0.6 is 11.3 Å². The van der Waals surface area contributed by atoms with Gasteiger partial charge in [0.25, 0.3) is 0 Å². The summed E-state index contributed by atoms with van der Waals surface area (Å²) in [6.45, 7) is 0.531. The number of rotatable bonds is 4. The molecule has 0 amide bonds. The van der Waals surface area contributed by atoms with Crippen LogP contribution in [0.15, 0.2) is 24.3 Å². The van der Waals surface area contributed by atoms with Crippen LogP contribution in [0.4, 0.5) is 0 Å². The van der Waals surface area contributed by atoms with Gasteiger partial charge in [0, 0.05) is 12.0 Å². The van der Waals surface area contributed by atoms with Gasteiger partial charge in [-0.2, -0.15) is 5.26 Å². The molecule has 2 rings (SSSR count). The summed E-state index contributed by atoms with van der Waals surface area (Å²) in [4.78, 5) is 5.09. The molecule has 0 radical (unpaired) electrons. The lowest BCUT2D eigenvalue weighted by atomic mass is 10.1. The quantitative estimate of drug-likeness (QED) is 0.913. The Balaban J connectivity index is 2.52. The maximum absolute atomic E-state index is 9.17. The zero-order valence-corrected chi connectivity index (χ0v) is 10.8. The van der Waals surface area contributed by atoms with Gasteiger partial charge in [0.2, 0.25) is 0 Å². The number of ether oxygens (including phenoxy) is 1. The molecule has 0 spiro atoms. The third-order valence-electron chi connectivity index (χ3n) is 2.49. The topological polar surface area (TPSA) is 71.9 Å². The summed E-state index contributed by atoms with van der Waals surface area (Å²) < 4.78 is 5.30. The van der Waals surface area contributed by atoms with Crippen molar-refractivity contribution in [2.75, 3.05) is 13.7 Å². The van der Waals surface area contributed by atoms with Gasteiger partial charge in [-0.1, -0.05) is 12.1 Å². The molecule has 0 bridgehead atoms. The molecular formula is C13H13N3OS. The van der Waals surface area contributed by atoms with Crippen molar-refractivity contribution in [3.63, 3.8) is 0 Å². The predicted octanol–water partition coefficient (Wildman–Crippen LogP) is 2.19. The van der Waals surface area contributed by atoms with E-state index in [2.05, 4.69) is 11.1 Å². The van der Waals surface area contributed by atoms with Gasteiger partial charge in [-0.15, -0.1) is 11.3 Å². The van der Waals surface area contributed by atoms with Gasteiger partial charge in [0.15, 0.2) is 0 Å². The molecule has 92 valence electrons. The van der Waals surface area contributed by atoms with Crippen LogP contribution in [-0.2, 0) is 6.42 Å². The van der Waals surface area contributed by atoms with E-state index >= 15 is 0 Å². The average molecular weight is 259 g/mol. The number of aromatic nitrogens is 1. The third-order valence-corrected chi connectivity index (χ3v) is 3.51. The lowest BCUT2D eigenvalue weighted by molar-refractivity contribution is 0.416. The van der Waals surface area contributed by atoms with Crippen LogP contribution in [0.25, 0.3) is 11.3 Å². The summed E-state index contributed by atoms with van der Waals surface area (Å²) in [6, 6.07) is 9.74. The Morgan fingerprint density at radius 3 is 2.89 bits per heavy atom. The summed E-state index contributed by atoms with van der Waals surface area (Å²) >= 11 is 1.39. The number of methoxy groups -OCH3 is 1. The van der Waals surface area contributed by atoms with Crippen molar-refractivity contribution in [1.29, 1.82) is 5.26 Å². The van der Waals surface area contributed by atoms with E-state index in [4.69, 9.17) is 10.5 Å². The fraction of sp³-hybridized carbons (Fsp3) is 0.231. The van der Waals surface area contributed by atoms with Crippen molar-refractivity contribution in [3.05, 3.63) is 34.2 Å². The van der Waals surface area contributed by atoms with Crippen molar-refractivity contribution < 1.29 is 4.74 Å². The Kier molecular flexibility index (Phi) is 3.92. The van der Waals surface area contributed by atoms with Crippen molar-refractivity contribution in [3.8, 4) is 23.1 Å². The second kappa shape index (κ2) is 5.63. The summed E-state index contributed by atoms with van der Waals surface area (Å²) in [6.07, 6.45) is 0.689. The third kappa shape index (κ3) is 2.35. The number of benzene rings is 1. The van der Waals surface area contributed by atoms with E-state index in [0.717, 1.165) is 16.3 Å². The van der Waals surface area contributed by atoms with E-state index < -0.39 is 0 Å². The number of para-hydroxylation sites is 1. The minimum Gasteiger partial charge on any atom is -0.496 e. The second-order valence-electron chi connectivity index (χ2n) is 3.64. The van der Waals surface area contributed by atoms with Crippen LogP contribution in [0.1, 0.15) is 9.88 Å². The molecule has 1 aromatic heterocycles. The Bertz CT molecular complexity index is 586. The summed E-state index contributed by atoms with van der Waals surface area (Å²) in [5, 5.41) is 10.1. The number of nitrogens with two attached hydrogens (primary N) is 1. The number of nitriles is 1. The van der Waals surface area contributed by atoms with Gasteiger partial charge < -0.3 is 10.5 Å². The van der Waals surface area contributed by atoms with Crippen LogP contribution in [0.2, 0.25) is 0 Å². The first kappa shape index (κ1) is 12.6. The van der Waals surface area contributed by atoms with E-state index in [1.165, 1.54) is 11.3 Å². The van der Waals surface area contributed by atoms with Crippen LogP contribution in [0.3, 0.4) is 0 Å². The molecule has 4 nitrogen and oxygen atoms in total. The van der Waals surface area contributed by atoms with Gasteiger partial charge in [-0.3, -0.25) is 0 Å². The van der Waals surface area contributed by atoms with Crippen molar-refractivity contribution >= 4 is 11.3 Å². The van der Waals surface area contributed by atoms with Gasteiger partial charge in [0.05, 0.1) is 12.1 Å². The highest BCUT2D eigenvalue weighted by Crippen LogP contribution is 2.33. The van der Waals surface area contributed by atoms with E-state index in [1.54, 1.807) is 7.11 Å². The number of hydrogen-bond donors (Lipinski definition) is 1. The molecule has 0 aliphatic carbocycles. The van der Waals surface area contributed by atoms with Crippen molar-refractivity contribution in [2.24, 2.45) is 5.73 Å². The van der Waals surface area contributed by atoms with Crippen molar-refractivity contribution in [2.45, 2.75) is 6.42 Å². The molecule has 2 aromatic rings. The molecule has 0 atom stereocenters. The Labute approximate surface area is 110 Å². The first-order valence-electron chi connectivity index (χ1n) is 5.53. The monoisotopic (exact) mass is 259 g/mol. The fourth-order valence-electron chi connectivity index (χ4n) is 1.69. The van der Waals surface area contributed by atoms with Crippen LogP contribution in [0.5, 0.6) is 5.75 Å². The van der Waals surface area contributed by atoms with Gasteiger partial charge >= 0.3 is 0 Å². The summed E-state index contributed by atoms with van der Waals surface area (Å²) in [5.41, 5.74) is 7.04.